The molecule has 0 amide bonds. The van der Waals surface area contributed by atoms with E-state index in [1.165, 1.54) is 83.5 Å². The van der Waals surface area contributed by atoms with Gasteiger partial charge in [0, 0.05) is 0 Å². The Morgan fingerprint density at radius 2 is 0.941 bits per heavy atom. The van der Waals surface area contributed by atoms with Gasteiger partial charge in [0.15, 0.2) is 0 Å². The molecule has 0 aliphatic heterocycles. The van der Waals surface area contributed by atoms with Crippen molar-refractivity contribution < 1.29 is 0 Å². The van der Waals surface area contributed by atoms with E-state index in [2.05, 4.69) is 31.6 Å². The SMILES string of the molecule is [Li][CH](CCCCCC)CCCCCCCCC. The van der Waals surface area contributed by atoms with Gasteiger partial charge in [-0.15, -0.1) is 0 Å². The summed E-state index contributed by atoms with van der Waals surface area (Å²) >= 11 is 2.45. The molecule has 0 radical (unpaired) electrons. The standard InChI is InChI=1S/C16H33.Li/c1-3-5-7-9-11-13-15-16-14-12-10-8-6-4-2;/h13H,3-12,14-16H2,1-2H3;. The molecule has 0 heterocycles. The van der Waals surface area contributed by atoms with Gasteiger partial charge in [-0.25, -0.2) is 0 Å². The van der Waals surface area contributed by atoms with Crippen molar-refractivity contribution >= 4 is 17.7 Å². The Morgan fingerprint density at radius 3 is 1.41 bits per heavy atom. The van der Waals surface area contributed by atoms with Crippen LogP contribution in [0.25, 0.3) is 0 Å². The van der Waals surface area contributed by atoms with Crippen molar-refractivity contribution in [2.75, 3.05) is 0 Å². The molecule has 98 valence electrons. The van der Waals surface area contributed by atoms with Crippen LogP contribution >= 0.6 is 0 Å². The molecule has 1 unspecified atom stereocenters. The fourth-order valence-corrected chi connectivity index (χ4v) is 2.51. The second-order valence-electron chi connectivity index (χ2n) is 5.86. The van der Waals surface area contributed by atoms with Gasteiger partial charge in [-0.2, -0.15) is 0 Å². The van der Waals surface area contributed by atoms with Gasteiger partial charge in [0.25, 0.3) is 0 Å². The Hall–Kier alpha value is 0.597. The summed E-state index contributed by atoms with van der Waals surface area (Å²) in [5, 5.41) is 0. The zero-order chi connectivity index (χ0) is 12.8. The van der Waals surface area contributed by atoms with Gasteiger partial charge in [0.2, 0.25) is 0 Å². The van der Waals surface area contributed by atoms with E-state index < -0.39 is 0 Å². The Balaban J connectivity index is 3.08. The number of unbranched alkanes of at least 4 members (excludes halogenated alkanes) is 9. The van der Waals surface area contributed by atoms with Crippen LogP contribution in [0.2, 0.25) is 4.59 Å². The van der Waals surface area contributed by atoms with Crippen LogP contribution in [-0.4, -0.2) is 17.7 Å². The summed E-state index contributed by atoms with van der Waals surface area (Å²) in [6.45, 7) is 4.59. The molecule has 0 aromatic carbocycles. The van der Waals surface area contributed by atoms with Gasteiger partial charge in [-0.3, -0.25) is 0 Å². The third-order valence-corrected chi connectivity index (χ3v) is 3.85. The molecule has 0 spiro atoms. The molecule has 0 N–H and O–H groups in total. The maximum absolute atomic E-state index is 2.45. The van der Waals surface area contributed by atoms with Gasteiger partial charge in [0.05, 0.1) is 0 Å². The molecule has 1 heteroatoms. The minimum absolute atomic E-state index is 0.975. The molecule has 0 aromatic heterocycles. The summed E-state index contributed by atoms with van der Waals surface area (Å²) in [6, 6.07) is 0. The summed E-state index contributed by atoms with van der Waals surface area (Å²) in [4.78, 5) is 0. The molecular weight excluding hydrogens is 199 g/mol. The van der Waals surface area contributed by atoms with E-state index in [0.717, 1.165) is 4.59 Å². The van der Waals surface area contributed by atoms with Crippen molar-refractivity contribution in [3.05, 3.63) is 0 Å². The summed E-state index contributed by atoms with van der Waals surface area (Å²) < 4.78 is 0.975. The predicted octanol–water partition coefficient (Wildman–Crippen LogP) is 6.05. The summed E-state index contributed by atoms with van der Waals surface area (Å²) in [6.07, 6.45) is 18.8. The van der Waals surface area contributed by atoms with Crippen LogP contribution in [0.5, 0.6) is 0 Å². The van der Waals surface area contributed by atoms with E-state index in [1.807, 2.05) is 0 Å². The fourth-order valence-electron chi connectivity index (χ4n) is 2.51. The third-order valence-electron chi connectivity index (χ3n) is 3.85. The number of hydrogen-bond acceptors (Lipinski definition) is 0. The second-order valence-corrected chi connectivity index (χ2v) is 5.86. The van der Waals surface area contributed by atoms with Crippen molar-refractivity contribution in [1.29, 1.82) is 0 Å². The van der Waals surface area contributed by atoms with E-state index >= 15 is 0 Å². The Kier molecular flexibility index (Phi) is 15.2. The van der Waals surface area contributed by atoms with E-state index in [-0.39, 0.29) is 0 Å². The van der Waals surface area contributed by atoms with Crippen molar-refractivity contribution in [2.24, 2.45) is 0 Å². The summed E-state index contributed by atoms with van der Waals surface area (Å²) in [5.74, 6) is 0. The molecule has 0 fully saturated rings. The molecule has 0 nitrogen and oxygen atoms in total. The maximum atomic E-state index is 2.45. The van der Waals surface area contributed by atoms with Crippen LogP contribution in [0.3, 0.4) is 0 Å². The van der Waals surface area contributed by atoms with Crippen LogP contribution in [-0.2, 0) is 0 Å². The first kappa shape index (κ1) is 17.6. The third kappa shape index (κ3) is 14.5. The van der Waals surface area contributed by atoms with E-state index in [1.54, 1.807) is 0 Å². The summed E-state index contributed by atoms with van der Waals surface area (Å²) in [5.41, 5.74) is 0. The monoisotopic (exact) mass is 232 g/mol. The Morgan fingerprint density at radius 1 is 0.588 bits per heavy atom. The fraction of sp³-hybridized carbons (Fsp3) is 1.00. The predicted molar refractivity (Wildman–Crippen MR) is 80.9 cm³/mol. The average Bonchev–Trinajstić information content (AvgIpc) is 2.33. The molecule has 0 saturated heterocycles. The van der Waals surface area contributed by atoms with Gasteiger partial charge < -0.3 is 0 Å². The van der Waals surface area contributed by atoms with Crippen LogP contribution < -0.4 is 0 Å². The van der Waals surface area contributed by atoms with Crippen LogP contribution in [0, 0.1) is 0 Å². The first-order valence-corrected chi connectivity index (χ1v) is 8.31. The van der Waals surface area contributed by atoms with Crippen LogP contribution in [0.15, 0.2) is 0 Å². The Bertz CT molecular complexity index is 133. The van der Waals surface area contributed by atoms with E-state index in [0.29, 0.717) is 0 Å². The Labute approximate surface area is 120 Å². The second kappa shape index (κ2) is 14.7. The minimum atomic E-state index is 0.975. The quantitative estimate of drug-likeness (QED) is 0.268. The molecular formula is C16H33Li. The number of rotatable bonds is 13. The van der Waals surface area contributed by atoms with Gasteiger partial charge >= 0.3 is 120 Å². The summed E-state index contributed by atoms with van der Waals surface area (Å²) in [7, 11) is 0. The van der Waals surface area contributed by atoms with E-state index in [9.17, 15) is 0 Å². The molecule has 17 heavy (non-hydrogen) atoms. The van der Waals surface area contributed by atoms with Gasteiger partial charge in [-0.1, -0.05) is 0 Å². The van der Waals surface area contributed by atoms with Gasteiger partial charge in [0.1, 0.15) is 0 Å². The van der Waals surface area contributed by atoms with Crippen molar-refractivity contribution in [2.45, 2.75) is 102 Å². The van der Waals surface area contributed by atoms with Crippen molar-refractivity contribution in [3.63, 3.8) is 0 Å². The zero-order valence-corrected chi connectivity index (χ0v) is 12.8. The molecule has 0 aliphatic carbocycles. The molecule has 1 atom stereocenters. The van der Waals surface area contributed by atoms with Crippen LogP contribution in [0.1, 0.15) is 97.3 Å². The molecule has 0 saturated carbocycles. The van der Waals surface area contributed by atoms with Gasteiger partial charge in [-0.05, 0) is 0 Å². The molecule has 0 aromatic rings. The van der Waals surface area contributed by atoms with Crippen molar-refractivity contribution in [1.82, 2.24) is 0 Å². The molecule has 0 rings (SSSR count). The topological polar surface area (TPSA) is 0 Å². The van der Waals surface area contributed by atoms with Crippen LogP contribution in [0.4, 0.5) is 0 Å². The average molecular weight is 232 g/mol. The van der Waals surface area contributed by atoms with E-state index in [4.69, 9.17) is 0 Å². The normalized spacial score (nSPS) is 12.9. The first-order chi connectivity index (χ1) is 8.31. The zero-order valence-electron chi connectivity index (χ0n) is 12.8. The molecule has 0 aliphatic rings. The molecule has 0 bridgehead atoms. The number of hydrogen-bond donors (Lipinski definition) is 0. The first-order valence-electron chi connectivity index (χ1n) is 8.31. The van der Waals surface area contributed by atoms with Crippen molar-refractivity contribution in [3.8, 4) is 0 Å².